The maximum atomic E-state index is 8.30. The van der Waals surface area contributed by atoms with E-state index in [2.05, 4.69) is 41.5 Å². The highest BCUT2D eigenvalue weighted by Crippen LogP contribution is 2.63. The Bertz CT molecular complexity index is 523. The van der Waals surface area contributed by atoms with Crippen LogP contribution in [0.1, 0.15) is 55.4 Å². The molecule has 0 aromatic heterocycles. The minimum Gasteiger partial charge on any atom is -0.397 e. The van der Waals surface area contributed by atoms with Crippen molar-refractivity contribution in [1.82, 2.24) is 0 Å². The van der Waals surface area contributed by atoms with E-state index in [0.717, 1.165) is 11.1 Å². The van der Waals surface area contributed by atoms with Crippen LogP contribution in [-0.2, 0) is 10.8 Å². The summed E-state index contributed by atoms with van der Waals surface area (Å²) < 4.78 is 16.3. The van der Waals surface area contributed by atoms with Gasteiger partial charge < -0.3 is 11.5 Å². The number of hydrogen-bond acceptors (Lipinski definition) is 2. The minimum absolute atomic E-state index is 0.0535. The molecule has 1 aromatic rings. The van der Waals surface area contributed by atoms with Gasteiger partial charge in [0.25, 0.3) is 0 Å². The van der Waals surface area contributed by atoms with Crippen LogP contribution in [0.3, 0.4) is 0 Å². The Morgan fingerprint density at radius 2 is 1.47 bits per heavy atom. The standard InChI is InChI=1S/C15H24N2/c1-13(2)9-7-8-10(16)12(17)11(9)14(3,4)15(13,5)6/h7-8H,16-17H2,1-6H3/i7D,8D. The average molecular weight is 234 g/mol. The van der Waals surface area contributed by atoms with Crippen molar-refractivity contribution < 1.29 is 2.74 Å². The highest BCUT2D eigenvalue weighted by atomic mass is 14.7. The summed E-state index contributed by atoms with van der Waals surface area (Å²) in [6, 6.07) is 0.281. The van der Waals surface area contributed by atoms with Crippen LogP contribution in [0.4, 0.5) is 11.4 Å². The molecular weight excluding hydrogens is 208 g/mol. The van der Waals surface area contributed by atoms with Gasteiger partial charge in [-0.25, -0.2) is 0 Å². The van der Waals surface area contributed by atoms with Gasteiger partial charge in [-0.15, -0.1) is 0 Å². The van der Waals surface area contributed by atoms with Crippen LogP contribution < -0.4 is 11.5 Å². The van der Waals surface area contributed by atoms with Crippen molar-refractivity contribution >= 4 is 11.4 Å². The second-order valence-corrected chi connectivity index (χ2v) is 6.70. The molecule has 1 aromatic carbocycles. The van der Waals surface area contributed by atoms with Gasteiger partial charge in [-0.2, -0.15) is 0 Å². The monoisotopic (exact) mass is 234 g/mol. The molecule has 0 spiro atoms. The third kappa shape index (κ3) is 1.16. The van der Waals surface area contributed by atoms with Crippen LogP contribution in [0, 0.1) is 5.41 Å². The lowest BCUT2D eigenvalue weighted by molar-refractivity contribution is 0.125. The Hall–Kier alpha value is -1.18. The summed E-state index contributed by atoms with van der Waals surface area (Å²) in [4.78, 5) is 0. The zero-order valence-corrected chi connectivity index (χ0v) is 11.7. The number of benzene rings is 1. The van der Waals surface area contributed by atoms with E-state index < -0.39 is 0 Å². The van der Waals surface area contributed by atoms with E-state index in [1.165, 1.54) is 0 Å². The van der Waals surface area contributed by atoms with Crippen LogP contribution in [0.15, 0.2) is 12.1 Å². The van der Waals surface area contributed by atoms with Crippen molar-refractivity contribution in [3.05, 3.63) is 23.2 Å². The van der Waals surface area contributed by atoms with Crippen molar-refractivity contribution in [3.8, 4) is 0 Å². The van der Waals surface area contributed by atoms with E-state index in [0.29, 0.717) is 5.69 Å². The van der Waals surface area contributed by atoms with Gasteiger partial charge in [-0.05, 0) is 33.4 Å². The maximum Gasteiger partial charge on any atom is 0.0645 e. The number of nitrogens with two attached hydrogens (primary N) is 2. The Morgan fingerprint density at radius 3 is 2.00 bits per heavy atom. The van der Waals surface area contributed by atoms with Crippen molar-refractivity contribution in [2.75, 3.05) is 11.5 Å². The van der Waals surface area contributed by atoms with Gasteiger partial charge in [-0.3, -0.25) is 0 Å². The molecule has 2 nitrogen and oxygen atoms in total. The molecule has 0 amide bonds. The molecule has 17 heavy (non-hydrogen) atoms. The first-order chi connectivity index (χ1) is 8.39. The molecular formula is C15H24N2. The van der Waals surface area contributed by atoms with Gasteiger partial charge in [0.2, 0.25) is 0 Å². The molecule has 0 saturated heterocycles. The van der Waals surface area contributed by atoms with Crippen molar-refractivity contribution in [1.29, 1.82) is 0 Å². The molecule has 0 saturated carbocycles. The Morgan fingerprint density at radius 1 is 0.941 bits per heavy atom. The van der Waals surface area contributed by atoms with Gasteiger partial charge in [0, 0.05) is 0 Å². The highest BCUT2D eigenvalue weighted by molar-refractivity contribution is 5.74. The lowest BCUT2D eigenvalue weighted by Crippen LogP contribution is -2.42. The smallest absolute Gasteiger partial charge is 0.0645 e. The lowest BCUT2D eigenvalue weighted by atomic mass is 9.59. The van der Waals surface area contributed by atoms with Gasteiger partial charge in [0.15, 0.2) is 0 Å². The first kappa shape index (κ1) is 9.81. The zero-order chi connectivity index (χ0) is 15.0. The van der Waals surface area contributed by atoms with Gasteiger partial charge in [0.1, 0.15) is 0 Å². The maximum absolute atomic E-state index is 8.30. The Labute approximate surface area is 107 Å². The van der Waals surface area contributed by atoms with Crippen molar-refractivity contribution in [2.45, 2.75) is 52.4 Å². The van der Waals surface area contributed by atoms with Gasteiger partial charge in [-0.1, -0.05) is 47.6 Å². The molecule has 2 heteroatoms. The van der Waals surface area contributed by atoms with E-state index in [4.69, 9.17) is 14.2 Å². The first-order valence-corrected chi connectivity index (χ1v) is 6.08. The van der Waals surface area contributed by atoms with E-state index in [9.17, 15) is 0 Å². The SMILES string of the molecule is [2H]c1c([2H])c2c(c(N)c1N)C(C)(C)C(C)(C)C2(C)C. The predicted octanol–water partition coefficient (Wildman–Crippen LogP) is 3.45. The zero-order valence-electron chi connectivity index (χ0n) is 13.7. The van der Waals surface area contributed by atoms with E-state index in [-0.39, 0.29) is 34.0 Å². The molecule has 0 bridgehead atoms. The summed E-state index contributed by atoms with van der Waals surface area (Å²) in [5.41, 5.74) is 14.2. The molecule has 0 heterocycles. The summed E-state index contributed by atoms with van der Waals surface area (Å²) in [5.74, 6) is 0. The number of hydrogen-bond donors (Lipinski definition) is 2. The molecule has 0 radical (unpaired) electrons. The van der Waals surface area contributed by atoms with Gasteiger partial charge in [0.05, 0.1) is 14.1 Å². The second kappa shape index (κ2) is 2.98. The molecule has 1 aliphatic carbocycles. The van der Waals surface area contributed by atoms with Crippen molar-refractivity contribution in [2.24, 2.45) is 5.41 Å². The molecule has 4 N–H and O–H groups in total. The Balaban J connectivity index is 3.02. The fourth-order valence-electron chi connectivity index (χ4n) is 3.05. The van der Waals surface area contributed by atoms with Crippen LogP contribution in [-0.4, -0.2) is 0 Å². The number of nitrogen functional groups attached to an aromatic ring is 2. The van der Waals surface area contributed by atoms with Crippen LogP contribution in [0.25, 0.3) is 0 Å². The largest absolute Gasteiger partial charge is 0.397 e. The van der Waals surface area contributed by atoms with Crippen LogP contribution in [0.5, 0.6) is 0 Å². The molecule has 0 atom stereocenters. The summed E-state index contributed by atoms with van der Waals surface area (Å²) in [6.45, 7) is 13.0. The third-order valence-electron chi connectivity index (χ3n) is 5.51. The fourth-order valence-corrected chi connectivity index (χ4v) is 3.05. The molecule has 0 unspecified atom stereocenters. The van der Waals surface area contributed by atoms with E-state index in [1.807, 2.05) is 0 Å². The lowest BCUT2D eigenvalue weighted by Gasteiger charge is -2.44. The minimum atomic E-state index is -0.222. The van der Waals surface area contributed by atoms with Crippen molar-refractivity contribution in [3.63, 3.8) is 0 Å². The topological polar surface area (TPSA) is 52.0 Å². The summed E-state index contributed by atoms with van der Waals surface area (Å²) in [5, 5.41) is 0. The van der Waals surface area contributed by atoms with E-state index in [1.54, 1.807) is 0 Å². The molecule has 94 valence electrons. The Kier molecular flexibility index (Phi) is 1.72. The predicted molar refractivity (Wildman–Crippen MR) is 75.1 cm³/mol. The number of rotatable bonds is 0. The number of fused-ring (bicyclic) bond motifs is 1. The van der Waals surface area contributed by atoms with E-state index >= 15 is 0 Å². The van der Waals surface area contributed by atoms with Crippen LogP contribution in [0.2, 0.25) is 0 Å². The third-order valence-corrected chi connectivity index (χ3v) is 5.51. The molecule has 1 aliphatic rings. The molecule has 2 rings (SSSR count). The van der Waals surface area contributed by atoms with Crippen LogP contribution >= 0.6 is 0 Å². The summed E-state index contributed by atoms with van der Waals surface area (Å²) in [7, 11) is 0. The molecule has 0 aliphatic heterocycles. The second-order valence-electron chi connectivity index (χ2n) is 6.70. The summed E-state index contributed by atoms with van der Waals surface area (Å²) in [6.07, 6.45) is 0. The number of anilines is 2. The first-order valence-electron chi connectivity index (χ1n) is 7.08. The highest BCUT2D eigenvalue weighted by Gasteiger charge is 2.57. The quantitative estimate of drug-likeness (QED) is 0.676. The summed E-state index contributed by atoms with van der Waals surface area (Å²) >= 11 is 0. The average Bonchev–Trinajstić information content (AvgIpc) is 2.39. The van der Waals surface area contributed by atoms with Gasteiger partial charge >= 0.3 is 0 Å². The molecule has 0 fully saturated rings. The normalized spacial score (nSPS) is 25.1. The fraction of sp³-hybridized carbons (Fsp3) is 0.600.